The molecule has 4 heteroatoms. The fourth-order valence-corrected chi connectivity index (χ4v) is 12.4. The van der Waals surface area contributed by atoms with Gasteiger partial charge in [0.05, 0.1) is 0 Å². The fourth-order valence-electron chi connectivity index (χ4n) is 12.4. The van der Waals surface area contributed by atoms with E-state index >= 15 is 0 Å². The summed E-state index contributed by atoms with van der Waals surface area (Å²) in [5, 5.41) is 0. The molecule has 4 bridgehead atoms. The number of hydrogen-bond acceptors (Lipinski definition) is 4. The van der Waals surface area contributed by atoms with Crippen LogP contribution in [0.2, 0.25) is 0 Å². The van der Waals surface area contributed by atoms with E-state index < -0.39 is 0 Å². The summed E-state index contributed by atoms with van der Waals surface area (Å²) in [5.41, 5.74) is 5.56. The van der Waals surface area contributed by atoms with Crippen LogP contribution in [0.5, 0.6) is 0 Å². The molecule has 41 heavy (non-hydrogen) atoms. The molecule has 11 atom stereocenters. The van der Waals surface area contributed by atoms with Crippen LogP contribution in [0, 0.1) is 52.3 Å². The first kappa shape index (κ1) is 29.5. The molecule has 7 aliphatic rings. The van der Waals surface area contributed by atoms with Crippen LogP contribution in [0.25, 0.3) is 0 Å². The molecule has 0 spiro atoms. The Morgan fingerprint density at radius 1 is 0.927 bits per heavy atom. The summed E-state index contributed by atoms with van der Waals surface area (Å²) < 4.78 is 11.4. The van der Waals surface area contributed by atoms with Gasteiger partial charge in [0.1, 0.15) is 11.7 Å². The maximum Gasteiger partial charge on any atom is 0.305 e. The van der Waals surface area contributed by atoms with Gasteiger partial charge < -0.3 is 9.47 Å². The number of allylic oxidation sites excluding steroid dienone is 4. The lowest BCUT2D eigenvalue weighted by molar-refractivity contribution is -0.150. The Balaban J connectivity index is 0.000000149. The molecule has 228 valence electrons. The van der Waals surface area contributed by atoms with Gasteiger partial charge in [-0.05, 0) is 137 Å². The third-order valence-electron chi connectivity index (χ3n) is 13.8. The first-order chi connectivity index (χ1) is 19.6. The minimum Gasteiger partial charge on any atom is -0.462 e. The molecular formula is C37H56O4. The minimum atomic E-state index is -0.132. The van der Waals surface area contributed by atoms with Crippen molar-refractivity contribution < 1.29 is 19.1 Å². The second kappa shape index (κ2) is 10.8. The molecule has 6 fully saturated rings. The van der Waals surface area contributed by atoms with Crippen molar-refractivity contribution in [3.63, 3.8) is 0 Å². The Hall–Kier alpha value is -1.58. The van der Waals surface area contributed by atoms with Gasteiger partial charge in [-0.3, -0.25) is 9.59 Å². The molecular weight excluding hydrogens is 508 g/mol. The highest BCUT2D eigenvalue weighted by atomic mass is 16.5. The van der Waals surface area contributed by atoms with Crippen molar-refractivity contribution in [3.8, 4) is 0 Å². The largest absolute Gasteiger partial charge is 0.462 e. The second-order valence-corrected chi connectivity index (χ2v) is 15.9. The van der Waals surface area contributed by atoms with E-state index in [0.717, 1.165) is 67.6 Å². The van der Waals surface area contributed by atoms with E-state index in [4.69, 9.17) is 9.47 Å². The lowest BCUT2D eigenvalue weighted by Crippen LogP contribution is -2.42. The molecule has 0 aromatic heterocycles. The zero-order valence-electron chi connectivity index (χ0n) is 26.8. The fraction of sp³-hybridized carbons (Fsp3) is 0.838. The summed E-state index contributed by atoms with van der Waals surface area (Å²) in [6.45, 7) is 14.4. The number of rotatable bonds is 7. The van der Waals surface area contributed by atoms with E-state index in [1.54, 1.807) is 5.57 Å². The quantitative estimate of drug-likeness (QED) is 0.176. The van der Waals surface area contributed by atoms with Crippen molar-refractivity contribution in [2.75, 3.05) is 0 Å². The third-order valence-corrected chi connectivity index (χ3v) is 13.8. The monoisotopic (exact) mass is 564 g/mol. The van der Waals surface area contributed by atoms with Crippen LogP contribution in [0.4, 0.5) is 0 Å². The second-order valence-electron chi connectivity index (χ2n) is 15.9. The molecule has 7 rings (SSSR count). The van der Waals surface area contributed by atoms with Crippen LogP contribution in [0.1, 0.15) is 131 Å². The van der Waals surface area contributed by atoms with Gasteiger partial charge in [0, 0.05) is 12.3 Å². The Morgan fingerprint density at radius 3 is 2.39 bits per heavy atom. The van der Waals surface area contributed by atoms with E-state index in [0.29, 0.717) is 24.2 Å². The molecule has 0 N–H and O–H groups in total. The molecule has 0 saturated heterocycles. The van der Waals surface area contributed by atoms with Crippen molar-refractivity contribution in [2.45, 2.75) is 143 Å². The normalized spacial score (nSPS) is 47.3. The molecule has 0 aliphatic heterocycles. The third kappa shape index (κ3) is 4.76. The molecule has 0 amide bonds. The van der Waals surface area contributed by atoms with Crippen LogP contribution in [-0.4, -0.2) is 24.1 Å². The average molecular weight is 565 g/mol. The molecule has 11 unspecified atom stereocenters. The van der Waals surface area contributed by atoms with Gasteiger partial charge >= 0.3 is 5.97 Å². The Morgan fingerprint density at radius 2 is 1.71 bits per heavy atom. The van der Waals surface area contributed by atoms with Gasteiger partial charge in [0.2, 0.25) is 0 Å². The Labute approximate surface area is 249 Å². The topological polar surface area (TPSA) is 52.6 Å². The summed E-state index contributed by atoms with van der Waals surface area (Å²) in [4.78, 5) is 22.6. The number of esters is 1. The van der Waals surface area contributed by atoms with Gasteiger partial charge in [-0.15, -0.1) is 0 Å². The Bertz CT molecular complexity index is 1100. The zero-order chi connectivity index (χ0) is 29.2. The SMILES string of the molecule is CC/C(C)=C\C1(C)CC2(OC=O)CC1C1CCCC12.CCC(=O)OC1CC2C3CC(C2C1)C(C)(C1=C(C)CCC1)C3. The van der Waals surface area contributed by atoms with Crippen molar-refractivity contribution in [1.82, 2.24) is 0 Å². The minimum absolute atomic E-state index is 0.00516. The van der Waals surface area contributed by atoms with Gasteiger partial charge in [0.25, 0.3) is 6.47 Å². The molecule has 4 nitrogen and oxygen atoms in total. The van der Waals surface area contributed by atoms with Crippen LogP contribution < -0.4 is 0 Å². The molecule has 6 saturated carbocycles. The van der Waals surface area contributed by atoms with Crippen molar-refractivity contribution in [2.24, 2.45) is 52.3 Å². The summed E-state index contributed by atoms with van der Waals surface area (Å²) in [5.74, 6) is 5.57. The standard InChI is InChI=1S/C20H30O2.C17H26O2/c1-4-19(21)22-14-9-15-13-8-18(16(15)10-14)20(3,11-13)17-7-5-6-12(17)2;1-4-12(2)8-16(3)10-17(19-11-18)9-15(16)13-6-5-7-14(13)17/h13-16,18H,4-11H2,1-3H3;8,11,13-15H,4-7,9-10H2,1-3H3/b;12-8-. The summed E-state index contributed by atoms with van der Waals surface area (Å²) in [7, 11) is 0. The van der Waals surface area contributed by atoms with Gasteiger partial charge in [-0.2, -0.15) is 0 Å². The summed E-state index contributed by atoms with van der Waals surface area (Å²) in [6, 6.07) is 0. The summed E-state index contributed by atoms with van der Waals surface area (Å²) >= 11 is 0. The van der Waals surface area contributed by atoms with E-state index in [2.05, 4.69) is 40.7 Å². The highest BCUT2D eigenvalue weighted by Gasteiger charge is 2.67. The molecule has 7 aliphatic carbocycles. The zero-order valence-corrected chi connectivity index (χ0v) is 26.8. The van der Waals surface area contributed by atoms with Crippen LogP contribution in [0.3, 0.4) is 0 Å². The van der Waals surface area contributed by atoms with E-state index in [1.807, 2.05) is 12.5 Å². The predicted octanol–water partition coefficient (Wildman–Crippen LogP) is 8.98. The Kier molecular flexibility index (Phi) is 7.80. The smallest absolute Gasteiger partial charge is 0.305 e. The first-order valence-corrected chi connectivity index (χ1v) is 17.3. The van der Waals surface area contributed by atoms with Crippen molar-refractivity contribution >= 4 is 12.4 Å². The highest BCUT2D eigenvalue weighted by Crippen LogP contribution is 2.70. The lowest BCUT2D eigenvalue weighted by Gasteiger charge is -2.42. The number of fused-ring (bicyclic) bond motifs is 10. The average Bonchev–Trinajstić information content (AvgIpc) is 3.75. The molecule has 0 aromatic carbocycles. The predicted molar refractivity (Wildman–Crippen MR) is 163 cm³/mol. The number of ether oxygens (including phenoxy) is 2. The van der Waals surface area contributed by atoms with Gasteiger partial charge in [-0.25, -0.2) is 0 Å². The van der Waals surface area contributed by atoms with Crippen molar-refractivity contribution in [1.29, 1.82) is 0 Å². The van der Waals surface area contributed by atoms with E-state index in [9.17, 15) is 9.59 Å². The number of hydrogen-bond donors (Lipinski definition) is 0. The van der Waals surface area contributed by atoms with Gasteiger partial charge in [-0.1, -0.05) is 56.9 Å². The molecule has 0 radical (unpaired) electrons. The summed E-state index contributed by atoms with van der Waals surface area (Å²) in [6.07, 6.45) is 19.6. The van der Waals surface area contributed by atoms with Crippen LogP contribution in [0.15, 0.2) is 22.8 Å². The lowest BCUT2D eigenvalue weighted by atomic mass is 9.62. The molecule has 0 aromatic rings. The number of carbonyl (C=O) groups is 2. The first-order valence-electron chi connectivity index (χ1n) is 17.3. The van der Waals surface area contributed by atoms with Crippen molar-refractivity contribution in [3.05, 3.63) is 22.8 Å². The van der Waals surface area contributed by atoms with E-state index in [1.165, 1.54) is 56.9 Å². The van der Waals surface area contributed by atoms with Crippen LogP contribution in [-0.2, 0) is 19.1 Å². The van der Waals surface area contributed by atoms with Gasteiger partial charge in [0.15, 0.2) is 0 Å². The molecule has 0 heterocycles. The van der Waals surface area contributed by atoms with E-state index in [-0.39, 0.29) is 23.1 Å². The maximum atomic E-state index is 11.6. The highest BCUT2D eigenvalue weighted by molar-refractivity contribution is 5.69. The van der Waals surface area contributed by atoms with Crippen LogP contribution >= 0.6 is 0 Å². The maximum absolute atomic E-state index is 11.6. The number of carbonyl (C=O) groups excluding carboxylic acids is 2.